The van der Waals surface area contributed by atoms with E-state index in [9.17, 15) is 9.18 Å². The van der Waals surface area contributed by atoms with Crippen LogP contribution in [-0.2, 0) is 0 Å². The van der Waals surface area contributed by atoms with Crippen LogP contribution in [0.3, 0.4) is 0 Å². The van der Waals surface area contributed by atoms with E-state index >= 15 is 0 Å². The predicted octanol–water partition coefficient (Wildman–Crippen LogP) is 2.50. The van der Waals surface area contributed by atoms with Crippen LogP contribution in [0.4, 0.5) is 4.39 Å². The van der Waals surface area contributed by atoms with E-state index in [0.29, 0.717) is 11.4 Å². The summed E-state index contributed by atoms with van der Waals surface area (Å²) in [7, 11) is 0. The van der Waals surface area contributed by atoms with Gasteiger partial charge in [-0.2, -0.15) is 0 Å². The molecule has 0 aliphatic carbocycles. The van der Waals surface area contributed by atoms with Crippen molar-refractivity contribution in [2.75, 3.05) is 0 Å². The molecule has 2 rings (SSSR count). The zero-order chi connectivity index (χ0) is 14.0. The lowest BCUT2D eigenvalue weighted by Gasteiger charge is -2.09. The monoisotopic (exact) mass is 261 g/mol. The minimum Gasteiger partial charge on any atom is -0.478 e. The van der Waals surface area contributed by atoms with Crippen molar-refractivity contribution in [2.24, 2.45) is 0 Å². The normalized spacial score (nSPS) is 10.7. The maximum absolute atomic E-state index is 12.8. The van der Waals surface area contributed by atoms with Gasteiger partial charge in [0.15, 0.2) is 5.82 Å². The van der Waals surface area contributed by atoms with Crippen LogP contribution in [0.25, 0.3) is 11.5 Å². The second-order valence-electron chi connectivity index (χ2n) is 4.31. The standard InChI is InChI=1S/C13H12FN3O2/c1-7(2)11-9(13(18)19)6-16-12(17-11)10-4-3-8(14)5-15-10/h3-7H,1-2H3,(H,18,19). The molecule has 0 spiro atoms. The molecule has 1 N–H and O–H groups in total. The van der Waals surface area contributed by atoms with Crippen LogP contribution >= 0.6 is 0 Å². The predicted molar refractivity (Wildman–Crippen MR) is 66.3 cm³/mol. The smallest absolute Gasteiger partial charge is 0.339 e. The van der Waals surface area contributed by atoms with Gasteiger partial charge in [-0.3, -0.25) is 0 Å². The van der Waals surface area contributed by atoms with Gasteiger partial charge in [-0.1, -0.05) is 13.8 Å². The number of carbonyl (C=O) groups is 1. The van der Waals surface area contributed by atoms with E-state index in [-0.39, 0.29) is 17.3 Å². The lowest BCUT2D eigenvalue weighted by Crippen LogP contribution is -2.09. The van der Waals surface area contributed by atoms with Gasteiger partial charge in [0.1, 0.15) is 11.5 Å². The second kappa shape index (κ2) is 5.09. The van der Waals surface area contributed by atoms with Crippen molar-refractivity contribution in [3.8, 4) is 11.5 Å². The van der Waals surface area contributed by atoms with E-state index in [1.165, 1.54) is 18.3 Å². The molecule has 0 bridgehead atoms. The third-order valence-corrected chi connectivity index (χ3v) is 2.55. The van der Waals surface area contributed by atoms with Crippen LogP contribution in [-0.4, -0.2) is 26.0 Å². The number of pyridine rings is 1. The van der Waals surface area contributed by atoms with Gasteiger partial charge in [-0.15, -0.1) is 0 Å². The minimum atomic E-state index is -1.07. The number of halogens is 1. The first-order valence-corrected chi connectivity index (χ1v) is 5.71. The summed E-state index contributed by atoms with van der Waals surface area (Å²) < 4.78 is 12.8. The maximum atomic E-state index is 12.8. The average molecular weight is 261 g/mol. The van der Waals surface area contributed by atoms with Gasteiger partial charge in [0.2, 0.25) is 0 Å². The number of hydrogen-bond donors (Lipinski definition) is 1. The molecule has 6 heteroatoms. The molecule has 19 heavy (non-hydrogen) atoms. The Kier molecular flexibility index (Phi) is 3.50. The Labute approximate surface area is 109 Å². The number of carboxylic acid groups (broad SMARTS) is 1. The number of aromatic carboxylic acids is 1. The molecule has 98 valence electrons. The first-order valence-electron chi connectivity index (χ1n) is 5.71. The summed E-state index contributed by atoms with van der Waals surface area (Å²) in [6.45, 7) is 3.69. The van der Waals surface area contributed by atoms with Crippen molar-refractivity contribution in [3.63, 3.8) is 0 Å². The largest absolute Gasteiger partial charge is 0.478 e. The van der Waals surface area contributed by atoms with Crippen LogP contribution in [0, 0.1) is 5.82 Å². The van der Waals surface area contributed by atoms with Gasteiger partial charge in [-0.25, -0.2) is 24.1 Å². The SMILES string of the molecule is CC(C)c1nc(-c2ccc(F)cn2)ncc1C(=O)O. The highest BCUT2D eigenvalue weighted by Gasteiger charge is 2.17. The Morgan fingerprint density at radius 3 is 2.53 bits per heavy atom. The third kappa shape index (κ3) is 2.73. The summed E-state index contributed by atoms with van der Waals surface area (Å²) >= 11 is 0. The van der Waals surface area contributed by atoms with Crippen LogP contribution in [0.2, 0.25) is 0 Å². The van der Waals surface area contributed by atoms with Gasteiger partial charge < -0.3 is 5.11 Å². The minimum absolute atomic E-state index is 0.0618. The summed E-state index contributed by atoms with van der Waals surface area (Å²) in [4.78, 5) is 23.1. The van der Waals surface area contributed by atoms with Crippen molar-refractivity contribution in [2.45, 2.75) is 19.8 Å². The van der Waals surface area contributed by atoms with Gasteiger partial charge >= 0.3 is 5.97 Å². The molecule has 0 atom stereocenters. The van der Waals surface area contributed by atoms with Crippen LogP contribution in [0.5, 0.6) is 0 Å². The molecule has 0 radical (unpaired) electrons. The lowest BCUT2D eigenvalue weighted by atomic mass is 10.1. The highest BCUT2D eigenvalue weighted by Crippen LogP contribution is 2.20. The summed E-state index contributed by atoms with van der Waals surface area (Å²) in [5.74, 6) is -1.29. The van der Waals surface area contributed by atoms with Crippen LogP contribution in [0.15, 0.2) is 24.5 Å². The van der Waals surface area contributed by atoms with E-state index in [2.05, 4.69) is 15.0 Å². The molecule has 2 heterocycles. The number of carboxylic acids is 1. The van der Waals surface area contributed by atoms with E-state index in [1.54, 1.807) is 0 Å². The van der Waals surface area contributed by atoms with Gasteiger partial charge in [-0.05, 0) is 18.1 Å². The Morgan fingerprint density at radius 2 is 2.00 bits per heavy atom. The fourth-order valence-electron chi connectivity index (χ4n) is 1.63. The highest BCUT2D eigenvalue weighted by molar-refractivity contribution is 5.88. The highest BCUT2D eigenvalue weighted by atomic mass is 19.1. The van der Waals surface area contributed by atoms with Crippen molar-refractivity contribution in [3.05, 3.63) is 41.6 Å². The van der Waals surface area contributed by atoms with E-state index < -0.39 is 11.8 Å². The first-order chi connectivity index (χ1) is 8.99. The summed E-state index contributed by atoms with van der Waals surface area (Å²) in [5.41, 5.74) is 0.907. The van der Waals surface area contributed by atoms with E-state index in [4.69, 9.17) is 5.11 Å². The van der Waals surface area contributed by atoms with Crippen LogP contribution in [0.1, 0.15) is 35.8 Å². The van der Waals surface area contributed by atoms with E-state index in [1.807, 2.05) is 13.8 Å². The molecule has 0 amide bonds. The topological polar surface area (TPSA) is 76.0 Å². The average Bonchev–Trinajstić information content (AvgIpc) is 2.38. The maximum Gasteiger partial charge on any atom is 0.339 e. The quantitative estimate of drug-likeness (QED) is 0.918. The number of nitrogens with zero attached hydrogens (tertiary/aromatic N) is 3. The molecule has 0 fully saturated rings. The zero-order valence-corrected chi connectivity index (χ0v) is 10.5. The Morgan fingerprint density at radius 1 is 1.26 bits per heavy atom. The Hall–Kier alpha value is -2.37. The summed E-state index contributed by atoms with van der Waals surface area (Å²) in [6, 6.07) is 2.71. The number of rotatable bonds is 3. The van der Waals surface area contributed by atoms with Crippen molar-refractivity contribution >= 4 is 5.97 Å². The lowest BCUT2D eigenvalue weighted by molar-refractivity contribution is 0.0694. The molecular formula is C13H12FN3O2. The number of hydrogen-bond acceptors (Lipinski definition) is 4. The Balaban J connectivity index is 2.52. The van der Waals surface area contributed by atoms with Gasteiger partial charge in [0.25, 0.3) is 0 Å². The molecule has 0 aliphatic heterocycles. The van der Waals surface area contributed by atoms with Crippen molar-refractivity contribution in [1.29, 1.82) is 0 Å². The fourth-order valence-corrected chi connectivity index (χ4v) is 1.63. The molecule has 0 saturated heterocycles. The molecule has 0 saturated carbocycles. The zero-order valence-electron chi connectivity index (χ0n) is 10.5. The van der Waals surface area contributed by atoms with Gasteiger partial charge in [0.05, 0.1) is 17.5 Å². The first kappa shape index (κ1) is 13.1. The molecule has 5 nitrogen and oxygen atoms in total. The van der Waals surface area contributed by atoms with Crippen molar-refractivity contribution in [1.82, 2.24) is 15.0 Å². The third-order valence-electron chi connectivity index (χ3n) is 2.55. The molecule has 2 aromatic rings. The molecule has 2 aromatic heterocycles. The Bertz CT molecular complexity index is 612. The summed E-state index contributed by atoms with van der Waals surface area (Å²) in [6.07, 6.45) is 2.32. The fraction of sp³-hybridized carbons (Fsp3) is 0.231. The molecule has 0 unspecified atom stereocenters. The van der Waals surface area contributed by atoms with Crippen molar-refractivity contribution < 1.29 is 14.3 Å². The van der Waals surface area contributed by atoms with E-state index in [0.717, 1.165) is 6.20 Å². The molecular weight excluding hydrogens is 249 g/mol. The number of aromatic nitrogens is 3. The van der Waals surface area contributed by atoms with Crippen LogP contribution < -0.4 is 0 Å². The summed E-state index contributed by atoms with van der Waals surface area (Å²) in [5, 5.41) is 9.07. The molecule has 0 aliphatic rings. The molecule has 0 aromatic carbocycles. The van der Waals surface area contributed by atoms with Gasteiger partial charge in [0, 0.05) is 6.20 Å². The second-order valence-corrected chi connectivity index (χ2v) is 4.31.